The van der Waals surface area contributed by atoms with Gasteiger partial charge in [-0.1, -0.05) is 23.7 Å². The topological polar surface area (TPSA) is 41.1 Å². The molecule has 0 saturated carbocycles. The summed E-state index contributed by atoms with van der Waals surface area (Å²) in [6.07, 6.45) is 2.66. The zero-order valence-electron chi connectivity index (χ0n) is 9.87. The lowest BCUT2D eigenvalue weighted by molar-refractivity contribution is -0.115. The molecule has 0 bridgehead atoms. The molecule has 3 nitrogen and oxygen atoms in total. The second-order valence-electron chi connectivity index (χ2n) is 3.86. The third-order valence-electron chi connectivity index (χ3n) is 2.24. The molecule has 1 aromatic rings. The smallest absolute Gasteiger partial charge is 0.238 e. The number of halogens is 1. The Labute approximate surface area is 107 Å². The highest BCUT2D eigenvalue weighted by Crippen LogP contribution is 2.14. The standard InChI is InChI=1S/C13H17ClN2O/c1-3-5-10(2)15-9-13(17)16-12-7-4-6-11(14)8-12/h3-4,6-8,10,15H,1,5,9H2,2H3,(H,16,17). The van der Waals surface area contributed by atoms with Gasteiger partial charge in [-0.05, 0) is 31.5 Å². The van der Waals surface area contributed by atoms with Gasteiger partial charge in [0.2, 0.25) is 5.91 Å². The van der Waals surface area contributed by atoms with Gasteiger partial charge in [-0.3, -0.25) is 4.79 Å². The molecule has 0 spiro atoms. The van der Waals surface area contributed by atoms with Crippen LogP contribution in [-0.2, 0) is 4.79 Å². The van der Waals surface area contributed by atoms with Gasteiger partial charge in [0.15, 0.2) is 0 Å². The zero-order chi connectivity index (χ0) is 12.7. The number of rotatable bonds is 6. The van der Waals surface area contributed by atoms with Crippen LogP contribution in [0.1, 0.15) is 13.3 Å². The van der Waals surface area contributed by atoms with E-state index in [0.717, 1.165) is 6.42 Å². The molecule has 0 aliphatic carbocycles. The monoisotopic (exact) mass is 252 g/mol. The van der Waals surface area contributed by atoms with E-state index < -0.39 is 0 Å². The fourth-order valence-corrected chi connectivity index (χ4v) is 1.56. The normalized spacial score (nSPS) is 11.9. The summed E-state index contributed by atoms with van der Waals surface area (Å²) >= 11 is 5.82. The van der Waals surface area contributed by atoms with Gasteiger partial charge in [-0.25, -0.2) is 0 Å². The minimum absolute atomic E-state index is 0.0804. The molecule has 17 heavy (non-hydrogen) atoms. The summed E-state index contributed by atoms with van der Waals surface area (Å²) in [6.45, 7) is 5.94. The van der Waals surface area contributed by atoms with Gasteiger partial charge in [0.25, 0.3) is 0 Å². The van der Waals surface area contributed by atoms with E-state index in [2.05, 4.69) is 17.2 Å². The van der Waals surface area contributed by atoms with Gasteiger partial charge in [-0.15, -0.1) is 6.58 Å². The van der Waals surface area contributed by atoms with E-state index >= 15 is 0 Å². The second kappa shape index (κ2) is 7.09. The predicted octanol–water partition coefficient (Wildman–Crippen LogP) is 2.83. The van der Waals surface area contributed by atoms with Crippen molar-refractivity contribution >= 4 is 23.2 Å². The summed E-state index contributed by atoms with van der Waals surface area (Å²) in [5.74, 6) is -0.0804. The molecule has 4 heteroatoms. The third kappa shape index (κ3) is 5.52. The molecule has 2 N–H and O–H groups in total. The Hall–Kier alpha value is -1.32. The van der Waals surface area contributed by atoms with Crippen LogP contribution in [0.5, 0.6) is 0 Å². The van der Waals surface area contributed by atoms with Crippen LogP contribution >= 0.6 is 11.6 Å². The average molecular weight is 253 g/mol. The van der Waals surface area contributed by atoms with E-state index in [1.807, 2.05) is 13.0 Å². The summed E-state index contributed by atoms with van der Waals surface area (Å²) in [5.41, 5.74) is 0.709. The van der Waals surface area contributed by atoms with Crippen LogP contribution < -0.4 is 10.6 Å². The molecule has 0 fully saturated rings. The molecule has 0 heterocycles. The number of hydrogen-bond acceptors (Lipinski definition) is 2. The molecule has 0 saturated heterocycles. The van der Waals surface area contributed by atoms with Crippen molar-refractivity contribution in [3.8, 4) is 0 Å². The molecule has 1 atom stereocenters. The Balaban J connectivity index is 2.37. The zero-order valence-corrected chi connectivity index (χ0v) is 10.6. The van der Waals surface area contributed by atoms with Crippen molar-refractivity contribution in [3.05, 3.63) is 41.9 Å². The van der Waals surface area contributed by atoms with Crippen LogP contribution in [-0.4, -0.2) is 18.5 Å². The Morgan fingerprint density at radius 2 is 2.35 bits per heavy atom. The van der Waals surface area contributed by atoms with E-state index in [0.29, 0.717) is 10.7 Å². The Morgan fingerprint density at radius 1 is 1.59 bits per heavy atom. The van der Waals surface area contributed by atoms with Crippen LogP contribution in [0.3, 0.4) is 0 Å². The maximum absolute atomic E-state index is 11.6. The third-order valence-corrected chi connectivity index (χ3v) is 2.47. The van der Waals surface area contributed by atoms with Gasteiger partial charge in [0.05, 0.1) is 6.54 Å². The van der Waals surface area contributed by atoms with Crippen LogP contribution in [0.25, 0.3) is 0 Å². The van der Waals surface area contributed by atoms with Crippen molar-refractivity contribution < 1.29 is 4.79 Å². The lowest BCUT2D eigenvalue weighted by atomic mass is 10.2. The summed E-state index contributed by atoms with van der Waals surface area (Å²) in [7, 11) is 0. The molecular weight excluding hydrogens is 236 g/mol. The Morgan fingerprint density at radius 3 is 3.00 bits per heavy atom. The molecule has 0 aromatic heterocycles. The minimum Gasteiger partial charge on any atom is -0.325 e. The highest BCUT2D eigenvalue weighted by Gasteiger charge is 2.04. The number of carbonyl (C=O) groups is 1. The highest BCUT2D eigenvalue weighted by atomic mass is 35.5. The molecule has 92 valence electrons. The van der Waals surface area contributed by atoms with Gasteiger partial charge in [0.1, 0.15) is 0 Å². The summed E-state index contributed by atoms with van der Waals surface area (Å²) in [5, 5.41) is 6.48. The lowest BCUT2D eigenvalue weighted by Gasteiger charge is -2.11. The number of carbonyl (C=O) groups excluding carboxylic acids is 1. The van der Waals surface area contributed by atoms with Crippen LogP contribution in [0.2, 0.25) is 5.02 Å². The first-order valence-corrected chi connectivity index (χ1v) is 5.89. The molecule has 0 aliphatic heterocycles. The van der Waals surface area contributed by atoms with Gasteiger partial charge in [0, 0.05) is 16.8 Å². The number of hydrogen-bond donors (Lipinski definition) is 2. The highest BCUT2D eigenvalue weighted by molar-refractivity contribution is 6.30. The van der Waals surface area contributed by atoms with Crippen molar-refractivity contribution in [3.63, 3.8) is 0 Å². The summed E-state index contributed by atoms with van der Waals surface area (Å²) < 4.78 is 0. The summed E-state index contributed by atoms with van der Waals surface area (Å²) in [4.78, 5) is 11.6. The fourth-order valence-electron chi connectivity index (χ4n) is 1.37. The largest absolute Gasteiger partial charge is 0.325 e. The first-order chi connectivity index (χ1) is 8.11. The maximum Gasteiger partial charge on any atom is 0.238 e. The molecule has 0 aliphatic rings. The summed E-state index contributed by atoms with van der Waals surface area (Å²) in [6, 6.07) is 7.33. The molecule has 1 rings (SSSR count). The number of benzene rings is 1. The quantitative estimate of drug-likeness (QED) is 0.765. The molecule has 0 radical (unpaired) electrons. The van der Waals surface area contributed by atoms with Crippen molar-refractivity contribution in [2.24, 2.45) is 0 Å². The lowest BCUT2D eigenvalue weighted by Crippen LogP contribution is -2.34. The predicted molar refractivity (Wildman–Crippen MR) is 72.4 cm³/mol. The van der Waals surface area contributed by atoms with Gasteiger partial charge in [-0.2, -0.15) is 0 Å². The first-order valence-electron chi connectivity index (χ1n) is 5.51. The van der Waals surface area contributed by atoms with E-state index in [1.54, 1.807) is 24.3 Å². The van der Waals surface area contributed by atoms with Crippen molar-refractivity contribution in [2.45, 2.75) is 19.4 Å². The number of nitrogens with one attached hydrogen (secondary N) is 2. The molecular formula is C13H17ClN2O. The number of amides is 1. The van der Waals surface area contributed by atoms with Crippen molar-refractivity contribution in [2.75, 3.05) is 11.9 Å². The average Bonchev–Trinajstić information content (AvgIpc) is 2.27. The van der Waals surface area contributed by atoms with Crippen LogP contribution in [0, 0.1) is 0 Å². The first kappa shape index (κ1) is 13.7. The van der Waals surface area contributed by atoms with Gasteiger partial charge < -0.3 is 10.6 Å². The van der Waals surface area contributed by atoms with Crippen LogP contribution in [0.4, 0.5) is 5.69 Å². The molecule has 1 amide bonds. The Kier molecular flexibility index (Phi) is 5.73. The molecule has 1 aromatic carbocycles. The SMILES string of the molecule is C=CCC(C)NCC(=O)Nc1cccc(Cl)c1. The van der Waals surface area contributed by atoms with Crippen LogP contribution in [0.15, 0.2) is 36.9 Å². The Bertz CT molecular complexity index is 393. The van der Waals surface area contributed by atoms with Gasteiger partial charge >= 0.3 is 0 Å². The maximum atomic E-state index is 11.6. The van der Waals surface area contributed by atoms with E-state index in [-0.39, 0.29) is 18.5 Å². The van der Waals surface area contributed by atoms with E-state index in [9.17, 15) is 4.79 Å². The van der Waals surface area contributed by atoms with Crippen molar-refractivity contribution in [1.82, 2.24) is 5.32 Å². The number of anilines is 1. The van der Waals surface area contributed by atoms with Crippen molar-refractivity contribution in [1.29, 1.82) is 0 Å². The van der Waals surface area contributed by atoms with E-state index in [1.165, 1.54) is 0 Å². The molecule has 1 unspecified atom stereocenters. The minimum atomic E-state index is -0.0804. The second-order valence-corrected chi connectivity index (χ2v) is 4.30. The fraction of sp³-hybridized carbons (Fsp3) is 0.308. The van der Waals surface area contributed by atoms with E-state index in [4.69, 9.17) is 11.6 Å².